The third-order valence-electron chi connectivity index (χ3n) is 3.33. The first-order valence-electron chi connectivity index (χ1n) is 7.54. The van der Waals surface area contributed by atoms with Crippen molar-refractivity contribution in [2.45, 2.75) is 0 Å². The molecule has 6 heteroatoms. The molecule has 2 rings (SSSR count). The van der Waals surface area contributed by atoms with E-state index in [1.807, 2.05) is 6.07 Å². The molecule has 0 aromatic heterocycles. The molecular formula is C19H19FN4O. The molecule has 2 aromatic carbocycles. The van der Waals surface area contributed by atoms with Gasteiger partial charge in [0.2, 0.25) is 0 Å². The van der Waals surface area contributed by atoms with Gasteiger partial charge in [0.1, 0.15) is 11.5 Å². The lowest BCUT2D eigenvalue weighted by Crippen LogP contribution is -2.25. The quantitative estimate of drug-likeness (QED) is 0.560. The first kappa shape index (κ1) is 17.9. The first-order chi connectivity index (χ1) is 12.0. The maximum atomic E-state index is 13.0. The maximum Gasteiger partial charge on any atom is 0.275 e. The highest BCUT2D eigenvalue weighted by Gasteiger charge is 2.11. The second-order valence-corrected chi connectivity index (χ2v) is 5.12. The van der Waals surface area contributed by atoms with E-state index in [-0.39, 0.29) is 17.3 Å². The van der Waals surface area contributed by atoms with Crippen LogP contribution in [0.3, 0.4) is 0 Å². The molecule has 2 aromatic rings. The van der Waals surface area contributed by atoms with Crippen molar-refractivity contribution in [1.82, 2.24) is 5.32 Å². The molecule has 0 unspecified atom stereocenters. The third kappa shape index (κ3) is 5.04. The highest BCUT2D eigenvalue weighted by molar-refractivity contribution is 6.09. The summed E-state index contributed by atoms with van der Waals surface area (Å²) in [5, 5.41) is 5.46. The number of allylic oxidation sites excluding steroid dienone is 1. The monoisotopic (exact) mass is 338 g/mol. The van der Waals surface area contributed by atoms with Gasteiger partial charge in [0.05, 0.1) is 0 Å². The van der Waals surface area contributed by atoms with Crippen LogP contribution in [-0.4, -0.2) is 19.2 Å². The van der Waals surface area contributed by atoms with Gasteiger partial charge in [0, 0.05) is 18.9 Å². The lowest BCUT2D eigenvalue weighted by Gasteiger charge is -2.08. The van der Waals surface area contributed by atoms with Crippen LogP contribution in [0.1, 0.15) is 5.56 Å². The van der Waals surface area contributed by atoms with Crippen molar-refractivity contribution in [2.24, 2.45) is 10.7 Å². The standard InChI is InChI=1S/C19H19FN4O/c1-13(14-8-10-15(20)11-9-14)12-23-18(22-2)17(21)19(25)24-16-6-4-3-5-7-16/h3-12,22H,1,21H2,2H3,(H,24,25)/b18-17-,23-12-. The van der Waals surface area contributed by atoms with Crippen LogP contribution in [-0.2, 0) is 4.79 Å². The average molecular weight is 338 g/mol. The highest BCUT2D eigenvalue weighted by atomic mass is 19.1. The van der Waals surface area contributed by atoms with Crippen LogP contribution < -0.4 is 16.4 Å². The van der Waals surface area contributed by atoms with Crippen LogP contribution in [0.15, 0.2) is 77.7 Å². The fraction of sp³-hybridized carbons (Fsp3) is 0.0526. The van der Waals surface area contributed by atoms with E-state index in [9.17, 15) is 9.18 Å². The molecule has 0 heterocycles. The van der Waals surface area contributed by atoms with Crippen molar-refractivity contribution in [2.75, 3.05) is 12.4 Å². The molecule has 0 saturated heterocycles. The highest BCUT2D eigenvalue weighted by Crippen LogP contribution is 2.12. The van der Waals surface area contributed by atoms with Gasteiger partial charge in [0.15, 0.2) is 5.82 Å². The number of hydrogen-bond acceptors (Lipinski definition) is 4. The van der Waals surface area contributed by atoms with Gasteiger partial charge < -0.3 is 16.4 Å². The van der Waals surface area contributed by atoms with Crippen molar-refractivity contribution in [3.8, 4) is 0 Å². The number of carbonyl (C=O) groups excluding carboxylic acids is 1. The topological polar surface area (TPSA) is 79.5 Å². The second kappa shape index (κ2) is 8.44. The van der Waals surface area contributed by atoms with Gasteiger partial charge in [-0.15, -0.1) is 0 Å². The smallest absolute Gasteiger partial charge is 0.275 e. The Balaban J connectivity index is 2.13. The number of rotatable bonds is 6. The van der Waals surface area contributed by atoms with Crippen molar-refractivity contribution in [3.05, 3.63) is 84.1 Å². The molecule has 4 N–H and O–H groups in total. The second-order valence-electron chi connectivity index (χ2n) is 5.12. The molecule has 0 fully saturated rings. The van der Waals surface area contributed by atoms with E-state index >= 15 is 0 Å². The van der Waals surface area contributed by atoms with Gasteiger partial charge in [-0.2, -0.15) is 0 Å². The summed E-state index contributed by atoms with van der Waals surface area (Å²) in [6, 6.07) is 14.8. The Morgan fingerprint density at radius 2 is 1.80 bits per heavy atom. The maximum absolute atomic E-state index is 13.0. The Morgan fingerprint density at radius 1 is 1.16 bits per heavy atom. The van der Waals surface area contributed by atoms with Gasteiger partial charge in [-0.3, -0.25) is 4.79 Å². The Morgan fingerprint density at radius 3 is 2.40 bits per heavy atom. The van der Waals surface area contributed by atoms with Gasteiger partial charge in [-0.05, 0) is 35.4 Å². The van der Waals surface area contributed by atoms with Crippen molar-refractivity contribution < 1.29 is 9.18 Å². The molecule has 0 spiro atoms. The van der Waals surface area contributed by atoms with Crippen LogP contribution in [0.2, 0.25) is 0 Å². The zero-order valence-corrected chi connectivity index (χ0v) is 13.8. The summed E-state index contributed by atoms with van der Waals surface area (Å²) in [5.74, 6) is -0.595. The fourth-order valence-corrected chi connectivity index (χ4v) is 1.98. The van der Waals surface area contributed by atoms with Gasteiger partial charge in [0.25, 0.3) is 5.91 Å². The summed E-state index contributed by atoms with van der Waals surface area (Å²) in [6.07, 6.45) is 1.46. The van der Waals surface area contributed by atoms with E-state index in [1.165, 1.54) is 18.3 Å². The zero-order chi connectivity index (χ0) is 18.2. The van der Waals surface area contributed by atoms with Crippen molar-refractivity contribution in [1.29, 1.82) is 0 Å². The van der Waals surface area contributed by atoms with Gasteiger partial charge in [-0.25, -0.2) is 9.38 Å². The Bertz CT molecular complexity index is 811. The number of nitrogens with two attached hydrogens (primary N) is 1. The van der Waals surface area contributed by atoms with E-state index in [0.29, 0.717) is 16.8 Å². The molecule has 25 heavy (non-hydrogen) atoms. The molecule has 5 nitrogen and oxygen atoms in total. The molecule has 0 aliphatic carbocycles. The molecule has 1 amide bonds. The number of nitrogens with zero attached hydrogens (tertiary/aromatic N) is 1. The molecule has 0 aliphatic rings. The minimum atomic E-state index is -0.472. The predicted octanol–water partition coefficient (Wildman–Crippen LogP) is 2.90. The number of aliphatic imine (C=N–C) groups is 1. The van der Waals surface area contributed by atoms with Crippen LogP contribution in [0.4, 0.5) is 10.1 Å². The number of benzene rings is 2. The minimum Gasteiger partial charge on any atom is -0.391 e. The molecule has 0 saturated carbocycles. The number of anilines is 1. The molecule has 0 bridgehead atoms. The summed E-state index contributed by atoms with van der Waals surface area (Å²) in [4.78, 5) is 16.4. The molecular weight excluding hydrogens is 319 g/mol. The van der Waals surface area contributed by atoms with Crippen LogP contribution in [0.25, 0.3) is 5.57 Å². The zero-order valence-electron chi connectivity index (χ0n) is 13.8. The normalized spacial score (nSPS) is 11.8. The predicted molar refractivity (Wildman–Crippen MR) is 99.3 cm³/mol. The van der Waals surface area contributed by atoms with Crippen LogP contribution in [0, 0.1) is 5.82 Å². The summed E-state index contributed by atoms with van der Waals surface area (Å²) in [6.45, 7) is 3.87. The van der Waals surface area contributed by atoms with Crippen molar-refractivity contribution in [3.63, 3.8) is 0 Å². The van der Waals surface area contributed by atoms with Crippen LogP contribution in [0.5, 0.6) is 0 Å². The number of halogens is 1. The SMILES string of the molecule is C=C(/C=N\C(NC)=C(/N)C(=O)Nc1ccccc1)c1ccc(F)cc1. The average Bonchev–Trinajstić information content (AvgIpc) is 2.63. The molecule has 0 radical (unpaired) electrons. The third-order valence-corrected chi connectivity index (χ3v) is 3.33. The van der Waals surface area contributed by atoms with E-state index < -0.39 is 5.91 Å². The molecule has 0 atom stereocenters. The number of hydrogen-bond donors (Lipinski definition) is 3. The Kier molecular flexibility index (Phi) is 6.06. The minimum absolute atomic E-state index is 0.0606. The van der Waals surface area contributed by atoms with Crippen LogP contribution >= 0.6 is 0 Å². The number of para-hydroxylation sites is 1. The number of amides is 1. The lowest BCUT2D eigenvalue weighted by molar-refractivity contribution is -0.113. The largest absolute Gasteiger partial charge is 0.391 e. The van der Waals surface area contributed by atoms with E-state index in [4.69, 9.17) is 5.73 Å². The van der Waals surface area contributed by atoms with Gasteiger partial charge in [-0.1, -0.05) is 36.9 Å². The van der Waals surface area contributed by atoms with Gasteiger partial charge >= 0.3 is 0 Å². The molecule has 128 valence electrons. The van der Waals surface area contributed by atoms with E-state index in [1.54, 1.807) is 43.4 Å². The Hall–Kier alpha value is -3.41. The summed E-state index contributed by atoms with van der Waals surface area (Å²) < 4.78 is 13.0. The fourth-order valence-electron chi connectivity index (χ4n) is 1.98. The Labute approximate surface area is 145 Å². The summed E-state index contributed by atoms with van der Waals surface area (Å²) in [5.41, 5.74) is 7.72. The number of carbonyl (C=O) groups is 1. The summed E-state index contributed by atoms with van der Waals surface area (Å²) in [7, 11) is 1.61. The van der Waals surface area contributed by atoms with Crippen molar-refractivity contribution >= 4 is 23.4 Å². The summed E-state index contributed by atoms with van der Waals surface area (Å²) >= 11 is 0. The molecule has 0 aliphatic heterocycles. The number of nitrogens with one attached hydrogen (secondary N) is 2. The lowest BCUT2D eigenvalue weighted by atomic mass is 10.1. The van der Waals surface area contributed by atoms with E-state index in [0.717, 1.165) is 0 Å². The first-order valence-corrected chi connectivity index (χ1v) is 7.54. The van der Waals surface area contributed by atoms with E-state index in [2.05, 4.69) is 22.2 Å².